The fraction of sp³-hybridized carbons (Fsp3) is 0. The van der Waals surface area contributed by atoms with Gasteiger partial charge in [-0.2, -0.15) is 8.42 Å². The molecule has 19 heavy (non-hydrogen) atoms. The minimum Gasteiger partial charge on any atom is -0.331 e. The average molecular weight is 298 g/mol. The van der Waals surface area contributed by atoms with Crippen molar-refractivity contribution in [3.05, 3.63) is 35.6 Å². The van der Waals surface area contributed by atoms with E-state index in [1.165, 1.54) is 12.3 Å². The number of sulfonamides is 1. The molecule has 0 unspecified atom stereocenters. The van der Waals surface area contributed by atoms with Gasteiger partial charge in [0.25, 0.3) is 10.0 Å². The zero-order valence-corrected chi connectivity index (χ0v) is 11.0. The van der Waals surface area contributed by atoms with Gasteiger partial charge in [-0.15, -0.1) is 4.40 Å². The minimum atomic E-state index is -3.78. The van der Waals surface area contributed by atoms with Gasteiger partial charge in [0.15, 0.2) is 0 Å². The summed E-state index contributed by atoms with van der Waals surface area (Å²) < 4.78 is 27.6. The number of imidazole rings is 1. The Bertz CT molecular complexity index is 754. The van der Waals surface area contributed by atoms with Crippen LogP contribution in [-0.4, -0.2) is 24.3 Å². The van der Waals surface area contributed by atoms with Crippen LogP contribution in [0.2, 0.25) is 5.02 Å². The number of H-pyrrole nitrogens is 1. The molecule has 7 nitrogen and oxygen atoms in total. The largest absolute Gasteiger partial charge is 0.331 e. The van der Waals surface area contributed by atoms with Crippen molar-refractivity contribution in [3.8, 4) is 0 Å². The number of nitrogens with one attached hydrogen (secondary N) is 3. The van der Waals surface area contributed by atoms with Crippen molar-refractivity contribution < 1.29 is 8.42 Å². The van der Waals surface area contributed by atoms with Crippen LogP contribution < -0.4 is 10.6 Å². The third-order valence-corrected chi connectivity index (χ3v) is 3.97. The van der Waals surface area contributed by atoms with E-state index in [0.29, 0.717) is 16.7 Å². The van der Waals surface area contributed by atoms with Crippen molar-refractivity contribution >= 4 is 39.2 Å². The van der Waals surface area contributed by atoms with Crippen molar-refractivity contribution in [2.75, 3.05) is 10.6 Å². The van der Waals surface area contributed by atoms with Gasteiger partial charge in [0.2, 0.25) is 11.9 Å². The molecule has 98 valence electrons. The van der Waals surface area contributed by atoms with Gasteiger partial charge in [-0.05, 0) is 18.2 Å². The zero-order chi connectivity index (χ0) is 13.5. The molecule has 0 amide bonds. The first kappa shape index (κ1) is 12.0. The number of hydrogen-bond donors (Lipinski definition) is 3. The van der Waals surface area contributed by atoms with Gasteiger partial charge in [0, 0.05) is 17.4 Å². The summed E-state index contributed by atoms with van der Waals surface area (Å²) in [7, 11) is -3.78. The molecule has 0 bridgehead atoms. The first-order chi connectivity index (χ1) is 9.04. The molecule has 0 atom stereocenters. The van der Waals surface area contributed by atoms with Gasteiger partial charge in [0.1, 0.15) is 4.90 Å². The molecule has 0 saturated heterocycles. The number of guanidine groups is 1. The fourth-order valence-corrected chi connectivity index (χ4v) is 2.97. The summed E-state index contributed by atoms with van der Waals surface area (Å²) in [4.78, 5) is 6.76. The Labute approximate surface area is 113 Å². The summed E-state index contributed by atoms with van der Waals surface area (Å²) in [6.07, 6.45) is 3.14. The van der Waals surface area contributed by atoms with Gasteiger partial charge in [-0.25, -0.2) is 4.98 Å². The molecule has 1 aromatic carbocycles. The lowest BCUT2D eigenvalue weighted by atomic mass is 10.3. The van der Waals surface area contributed by atoms with Crippen LogP contribution in [0.3, 0.4) is 0 Å². The molecule has 2 heterocycles. The Kier molecular flexibility index (Phi) is 2.68. The highest BCUT2D eigenvalue weighted by Crippen LogP contribution is 2.29. The molecule has 9 heteroatoms. The predicted octanol–water partition coefficient (Wildman–Crippen LogP) is 1.65. The monoisotopic (exact) mass is 297 g/mol. The normalized spacial score (nSPS) is 16.2. The number of hydrogen-bond acceptors (Lipinski definition) is 5. The van der Waals surface area contributed by atoms with Crippen molar-refractivity contribution in [3.63, 3.8) is 0 Å². The van der Waals surface area contributed by atoms with E-state index < -0.39 is 10.0 Å². The molecule has 0 spiro atoms. The van der Waals surface area contributed by atoms with E-state index in [9.17, 15) is 8.42 Å². The van der Waals surface area contributed by atoms with E-state index in [2.05, 4.69) is 25.0 Å². The SMILES string of the molecule is O=S1(=O)N=C(Nc2ncc[nH]2)Nc2ccc(Cl)cc21. The summed E-state index contributed by atoms with van der Waals surface area (Å²) in [6, 6.07) is 4.53. The Morgan fingerprint density at radius 3 is 2.89 bits per heavy atom. The average Bonchev–Trinajstić information content (AvgIpc) is 2.82. The highest BCUT2D eigenvalue weighted by atomic mass is 35.5. The van der Waals surface area contributed by atoms with E-state index in [-0.39, 0.29) is 10.9 Å². The van der Waals surface area contributed by atoms with Crippen molar-refractivity contribution in [1.82, 2.24) is 9.97 Å². The van der Waals surface area contributed by atoms with Gasteiger partial charge in [-0.1, -0.05) is 11.6 Å². The van der Waals surface area contributed by atoms with Crippen LogP contribution in [0.4, 0.5) is 11.6 Å². The number of halogens is 1. The maximum Gasteiger partial charge on any atom is 0.287 e. The lowest BCUT2D eigenvalue weighted by Gasteiger charge is -2.18. The summed E-state index contributed by atoms with van der Waals surface area (Å²) in [5.74, 6) is 0.462. The molecule has 1 aliphatic heterocycles. The van der Waals surface area contributed by atoms with E-state index in [1.807, 2.05) is 0 Å². The number of anilines is 2. The number of aromatic amines is 1. The predicted molar refractivity (Wildman–Crippen MR) is 71.9 cm³/mol. The smallest absolute Gasteiger partial charge is 0.287 e. The Balaban J connectivity index is 2.00. The fourth-order valence-electron chi connectivity index (χ4n) is 1.63. The zero-order valence-electron chi connectivity index (χ0n) is 9.38. The van der Waals surface area contributed by atoms with Gasteiger partial charge < -0.3 is 10.3 Å². The Morgan fingerprint density at radius 2 is 2.16 bits per heavy atom. The summed E-state index contributed by atoms with van der Waals surface area (Å²) in [6.45, 7) is 0. The standard InChI is InChI=1S/C10H8ClN5O2S/c11-6-1-2-7-8(5-6)19(17,18)16-10(14-7)15-9-12-3-4-13-9/h1-5H,(H3,12,13,14,15,16). The van der Waals surface area contributed by atoms with Gasteiger partial charge in [0.05, 0.1) is 5.69 Å². The summed E-state index contributed by atoms with van der Waals surface area (Å²) in [5, 5.41) is 5.93. The topological polar surface area (TPSA) is 99.2 Å². The number of fused-ring (bicyclic) bond motifs is 1. The molecule has 1 aromatic heterocycles. The second-order valence-corrected chi connectivity index (χ2v) is 5.75. The molecule has 3 rings (SSSR count). The van der Waals surface area contributed by atoms with Gasteiger partial charge in [-0.3, -0.25) is 5.32 Å². The molecular weight excluding hydrogens is 290 g/mol. The first-order valence-electron chi connectivity index (χ1n) is 5.22. The third kappa shape index (κ3) is 2.27. The van der Waals surface area contributed by atoms with E-state index in [1.54, 1.807) is 18.3 Å². The Morgan fingerprint density at radius 1 is 1.32 bits per heavy atom. The maximum atomic E-state index is 12.0. The minimum absolute atomic E-state index is 0.0463. The lowest BCUT2D eigenvalue weighted by molar-refractivity contribution is 0.598. The third-order valence-electron chi connectivity index (χ3n) is 2.42. The maximum absolute atomic E-state index is 12.0. The second-order valence-electron chi connectivity index (χ2n) is 3.74. The lowest BCUT2D eigenvalue weighted by Crippen LogP contribution is -2.28. The number of aromatic nitrogens is 2. The highest BCUT2D eigenvalue weighted by molar-refractivity contribution is 7.90. The second kappa shape index (κ2) is 4.25. The van der Waals surface area contributed by atoms with Crippen LogP contribution in [0.25, 0.3) is 0 Å². The van der Waals surface area contributed by atoms with Crippen LogP contribution in [-0.2, 0) is 10.0 Å². The molecular formula is C10H8ClN5O2S. The Hall–Kier alpha value is -2.06. The van der Waals surface area contributed by atoms with E-state index in [4.69, 9.17) is 11.6 Å². The van der Waals surface area contributed by atoms with Gasteiger partial charge >= 0.3 is 0 Å². The number of benzene rings is 1. The first-order valence-corrected chi connectivity index (χ1v) is 7.04. The molecule has 3 N–H and O–H groups in total. The van der Waals surface area contributed by atoms with Crippen LogP contribution in [0, 0.1) is 0 Å². The van der Waals surface area contributed by atoms with Crippen LogP contribution in [0.15, 0.2) is 39.9 Å². The quantitative estimate of drug-likeness (QED) is 0.743. The molecule has 0 aliphatic carbocycles. The van der Waals surface area contributed by atoms with E-state index >= 15 is 0 Å². The summed E-state index contributed by atoms with van der Waals surface area (Å²) >= 11 is 5.78. The van der Waals surface area contributed by atoms with Crippen molar-refractivity contribution in [2.24, 2.45) is 4.40 Å². The molecule has 0 saturated carbocycles. The number of nitrogens with zero attached hydrogens (tertiary/aromatic N) is 2. The molecule has 1 aliphatic rings. The molecule has 2 aromatic rings. The van der Waals surface area contributed by atoms with Crippen LogP contribution in [0.1, 0.15) is 0 Å². The molecule has 0 radical (unpaired) electrons. The van der Waals surface area contributed by atoms with E-state index in [0.717, 1.165) is 0 Å². The molecule has 0 fully saturated rings. The number of rotatable bonds is 1. The van der Waals surface area contributed by atoms with Crippen molar-refractivity contribution in [2.45, 2.75) is 4.90 Å². The van der Waals surface area contributed by atoms with Crippen molar-refractivity contribution in [1.29, 1.82) is 0 Å². The highest BCUT2D eigenvalue weighted by Gasteiger charge is 2.25. The summed E-state index contributed by atoms with van der Waals surface area (Å²) in [5.41, 5.74) is 0.411. The van der Waals surface area contributed by atoms with Crippen LogP contribution >= 0.6 is 11.6 Å². The van der Waals surface area contributed by atoms with Crippen LogP contribution in [0.5, 0.6) is 0 Å².